The minimum Gasteiger partial charge on any atom is -0.508 e. The predicted octanol–water partition coefficient (Wildman–Crippen LogP) is 3.44. The van der Waals surface area contributed by atoms with Gasteiger partial charge in [0.15, 0.2) is 0 Å². The van der Waals surface area contributed by atoms with E-state index in [1.165, 1.54) is 0 Å². The van der Waals surface area contributed by atoms with E-state index < -0.39 is 0 Å². The molecule has 5 heteroatoms. The van der Waals surface area contributed by atoms with E-state index in [1.807, 2.05) is 6.07 Å². The lowest BCUT2D eigenvalue weighted by Gasteiger charge is -2.14. The summed E-state index contributed by atoms with van der Waals surface area (Å²) in [5.41, 5.74) is 2.42. The van der Waals surface area contributed by atoms with Crippen LogP contribution in [-0.2, 0) is 11.3 Å². The number of nitrogens with zero attached hydrogens (tertiary/aromatic N) is 1. The highest BCUT2D eigenvalue weighted by Gasteiger charge is 2.14. The topological polar surface area (TPSA) is 62.0 Å². The van der Waals surface area contributed by atoms with Crippen LogP contribution >= 0.6 is 12.2 Å². The van der Waals surface area contributed by atoms with E-state index in [0.29, 0.717) is 12.2 Å². The SMILES string of the molecule is COCc1cc(C(N=C=S)c2ccc(O)cc2)ccc1O. The molecule has 0 aliphatic rings. The highest BCUT2D eigenvalue weighted by atomic mass is 32.1. The van der Waals surface area contributed by atoms with Gasteiger partial charge in [0, 0.05) is 12.7 Å². The van der Waals surface area contributed by atoms with E-state index in [1.54, 1.807) is 43.5 Å². The average Bonchev–Trinajstić information content (AvgIpc) is 2.49. The van der Waals surface area contributed by atoms with E-state index in [0.717, 1.165) is 11.1 Å². The molecule has 0 amide bonds. The molecule has 2 aromatic carbocycles. The van der Waals surface area contributed by atoms with Gasteiger partial charge in [-0.1, -0.05) is 18.2 Å². The third kappa shape index (κ3) is 3.67. The summed E-state index contributed by atoms with van der Waals surface area (Å²) in [5, 5.41) is 21.6. The molecule has 2 rings (SSSR count). The van der Waals surface area contributed by atoms with Gasteiger partial charge in [-0.05, 0) is 47.6 Å². The molecule has 21 heavy (non-hydrogen) atoms. The van der Waals surface area contributed by atoms with Gasteiger partial charge in [0.25, 0.3) is 0 Å². The summed E-state index contributed by atoms with van der Waals surface area (Å²) in [4.78, 5) is 4.19. The highest BCUT2D eigenvalue weighted by molar-refractivity contribution is 7.78. The van der Waals surface area contributed by atoms with Crippen molar-refractivity contribution >= 4 is 17.4 Å². The molecule has 0 bridgehead atoms. The summed E-state index contributed by atoms with van der Waals surface area (Å²) in [6.45, 7) is 0.309. The summed E-state index contributed by atoms with van der Waals surface area (Å²) in [7, 11) is 1.57. The van der Waals surface area contributed by atoms with Crippen LogP contribution in [0.25, 0.3) is 0 Å². The summed E-state index contributed by atoms with van der Waals surface area (Å²) >= 11 is 4.72. The number of isothiocyanates is 1. The molecule has 0 aromatic heterocycles. The van der Waals surface area contributed by atoms with Crippen LogP contribution in [0.1, 0.15) is 22.7 Å². The van der Waals surface area contributed by atoms with Gasteiger partial charge >= 0.3 is 0 Å². The molecule has 1 unspecified atom stereocenters. The van der Waals surface area contributed by atoms with Crippen LogP contribution in [0.2, 0.25) is 0 Å². The number of methoxy groups -OCH3 is 1. The lowest BCUT2D eigenvalue weighted by molar-refractivity contribution is 0.182. The molecule has 1 atom stereocenters. The number of aromatic hydroxyl groups is 2. The average molecular weight is 301 g/mol. The van der Waals surface area contributed by atoms with E-state index in [-0.39, 0.29) is 17.5 Å². The van der Waals surface area contributed by atoms with Gasteiger partial charge in [-0.3, -0.25) is 0 Å². The number of hydrogen-bond acceptors (Lipinski definition) is 5. The van der Waals surface area contributed by atoms with Crippen LogP contribution in [-0.4, -0.2) is 22.5 Å². The van der Waals surface area contributed by atoms with Crippen molar-refractivity contribution in [2.24, 2.45) is 4.99 Å². The van der Waals surface area contributed by atoms with Crippen molar-refractivity contribution < 1.29 is 14.9 Å². The minimum absolute atomic E-state index is 0.177. The minimum atomic E-state index is -0.334. The zero-order valence-electron chi connectivity index (χ0n) is 11.5. The molecule has 0 aliphatic carbocycles. The Kier molecular flexibility index (Phi) is 5.06. The Hall–Kier alpha value is -2.20. The van der Waals surface area contributed by atoms with Crippen LogP contribution < -0.4 is 0 Å². The van der Waals surface area contributed by atoms with Gasteiger partial charge in [-0.15, -0.1) is 0 Å². The first-order valence-corrected chi connectivity index (χ1v) is 6.73. The maximum absolute atomic E-state index is 9.80. The number of aliphatic imine (C=N–C) groups is 1. The predicted molar refractivity (Wildman–Crippen MR) is 83.8 cm³/mol. The Labute approximate surface area is 128 Å². The zero-order chi connectivity index (χ0) is 15.2. The lowest BCUT2D eigenvalue weighted by Crippen LogP contribution is -1.99. The fourth-order valence-electron chi connectivity index (χ4n) is 2.10. The van der Waals surface area contributed by atoms with Crippen molar-refractivity contribution in [1.29, 1.82) is 0 Å². The number of phenols is 2. The summed E-state index contributed by atoms with van der Waals surface area (Å²) in [5.74, 6) is 0.367. The van der Waals surface area contributed by atoms with Crippen molar-refractivity contribution in [1.82, 2.24) is 0 Å². The molecule has 2 aromatic rings. The number of rotatable bonds is 5. The molecular formula is C16H15NO3S. The molecule has 0 radical (unpaired) electrons. The fourth-order valence-corrected chi connectivity index (χ4v) is 2.20. The standard InChI is InChI=1S/C16H15NO3S/c1-20-9-13-8-12(4-7-15(13)19)16(17-10-21)11-2-5-14(18)6-3-11/h2-8,16,18-19H,9H2,1H3. The first-order valence-electron chi connectivity index (χ1n) is 6.32. The van der Waals surface area contributed by atoms with Gasteiger partial charge in [0.2, 0.25) is 0 Å². The Bertz CT molecular complexity index is 664. The summed E-state index contributed by atoms with van der Waals surface area (Å²) < 4.78 is 5.06. The molecule has 0 saturated heterocycles. The first kappa shape index (κ1) is 15.2. The zero-order valence-corrected chi connectivity index (χ0v) is 12.3. The van der Waals surface area contributed by atoms with E-state index >= 15 is 0 Å². The van der Waals surface area contributed by atoms with Crippen molar-refractivity contribution in [3.63, 3.8) is 0 Å². The maximum atomic E-state index is 9.80. The third-order valence-electron chi connectivity index (χ3n) is 3.11. The highest BCUT2D eigenvalue weighted by Crippen LogP contribution is 2.30. The molecule has 4 nitrogen and oxygen atoms in total. The smallest absolute Gasteiger partial charge is 0.121 e. The van der Waals surface area contributed by atoms with Crippen molar-refractivity contribution in [3.8, 4) is 11.5 Å². The molecule has 2 N–H and O–H groups in total. The molecule has 0 aliphatic heterocycles. The summed E-state index contributed by atoms with van der Waals surface area (Å²) in [6.07, 6.45) is 0. The number of thiocarbonyl (C=S) groups is 1. The van der Waals surface area contributed by atoms with Gasteiger partial charge in [-0.2, -0.15) is 0 Å². The summed E-state index contributed by atoms with van der Waals surface area (Å²) in [6, 6.07) is 11.6. The Morgan fingerprint density at radius 3 is 2.43 bits per heavy atom. The monoisotopic (exact) mass is 301 g/mol. The van der Waals surface area contributed by atoms with Crippen molar-refractivity contribution in [2.75, 3.05) is 7.11 Å². The van der Waals surface area contributed by atoms with Crippen LogP contribution in [0.15, 0.2) is 47.5 Å². The Morgan fingerprint density at radius 1 is 1.14 bits per heavy atom. The first-order chi connectivity index (χ1) is 10.2. The van der Waals surface area contributed by atoms with Crippen molar-refractivity contribution in [3.05, 3.63) is 59.2 Å². The second-order valence-corrected chi connectivity index (χ2v) is 4.72. The number of hydrogen-bond donors (Lipinski definition) is 2. The molecule has 0 fully saturated rings. The number of benzene rings is 2. The van der Waals surface area contributed by atoms with E-state index in [2.05, 4.69) is 10.2 Å². The van der Waals surface area contributed by atoms with Gasteiger partial charge in [0.1, 0.15) is 17.5 Å². The lowest BCUT2D eigenvalue weighted by atomic mass is 9.97. The largest absolute Gasteiger partial charge is 0.508 e. The Morgan fingerprint density at radius 2 is 1.81 bits per heavy atom. The second-order valence-electron chi connectivity index (χ2n) is 4.54. The normalized spacial score (nSPS) is 11.7. The maximum Gasteiger partial charge on any atom is 0.121 e. The van der Waals surface area contributed by atoms with Gasteiger partial charge < -0.3 is 14.9 Å². The number of phenolic OH excluding ortho intramolecular Hbond substituents is 2. The molecule has 0 spiro atoms. The van der Waals surface area contributed by atoms with Crippen LogP contribution in [0.4, 0.5) is 0 Å². The Balaban J connectivity index is 2.45. The van der Waals surface area contributed by atoms with Crippen LogP contribution in [0.5, 0.6) is 11.5 Å². The van der Waals surface area contributed by atoms with Crippen molar-refractivity contribution in [2.45, 2.75) is 12.6 Å². The fraction of sp³-hybridized carbons (Fsp3) is 0.188. The molecule has 0 heterocycles. The molecular weight excluding hydrogens is 286 g/mol. The van der Waals surface area contributed by atoms with E-state index in [4.69, 9.17) is 17.0 Å². The number of ether oxygens (including phenoxy) is 1. The van der Waals surface area contributed by atoms with Crippen LogP contribution in [0, 0.1) is 0 Å². The molecule has 0 saturated carbocycles. The molecule has 108 valence electrons. The second kappa shape index (κ2) is 6.99. The van der Waals surface area contributed by atoms with Crippen LogP contribution in [0.3, 0.4) is 0 Å². The van der Waals surface area contributed by atoms with Gasteiger partial charge in [0.05, 0.1) is 11.8 Å². The van der Waals surface area contributed by atoms with E-state index in [9.17, 15) is 10.2 Å². The third-order valence-corrected chi connectivity index (χ3v) is 3.22. The quantitative estimate of drug-likeness (QED) is 0.656. The van der Waals surface area contributed by atoms with Gasteiger partial charge in [-0.25, -0.2) is 4.99 Å².